The van der Waals surface area contributed by atoms with Gasteiger partial charge >= 0.3 is 0 Å². The minimum Gasteiger partial charge on any atom is -0.294 e. The number of halogens is 1. The summed E-state index contributed by atoms with van der Waals surface area (Å²) in [7, 11) is 0. The van der Waals surface area contributed by atoms with Crippen LogP contribution in [0.3, 0.4) is 0 Å². The average Bonchev–Trinajstić information content (AvgIpc) is 2.48. The topological polar surface area (TPSA) is 59.9 Å². The number of ketones is 2. The molecule has 4 nitrogen and oxygen atoms in total. The lowest BCUT2D eigenvalue weighted by molar-refractivity contribution is 0.100. The van der Waals surface area contributed by atoms with E-state index >= 15 is 0 Å². The Balaban J connectivity index is 0.000000211. The minimum absolute atomic E-state index is 0.00386. The molecule has 2 aromatic heterocycles. The van der Waals surface area contributed by atoms with E-state index in [0.717, 1.165) is 5.69 Å². The van der Waals surface area contributed by atoms with Crippen molar-refractivity contribution in [2.45, 2.75) is 13.8 Å². The van der Waals surface area contributed by atoms with Crippen LogP contribution in [0.4, 0.5) is 0 Å². The van der Waals surface area contributed by atoms with Crippen LogP contribution < -0.4 is 0 Å². The molecule has 21 heavy (non-hydrogen) atoms. The highest BCUT2D eigenvalue weighted by molar-refractivity contribution is 6.29. The molecule has 5 heteroatoms. The van der Waals surface area contributed by atoms with Crippen LogP contribution in [0.15, 0.2) is 43.2 Å². The molecule has 2 aromatic rings. The second-order valence-corrected chi connectivity index (χ2v) is 4.55. The van der Waals surface area contributed by atoms with Crippen LogP contribution in [0.25, 0.3) is 6.08 Å². The number of rotatable bonds is 3. The molecule has 0 atom stereocenters. The first kappa shape index (κ1) is 16.7. The third kappa shape index (κ3) is 5.67. The lowest BCUT2D eigenvalue weighted by Crippen LogP contribution is -1.92. The van der Waals surface area contributed by atoms with E-state index in [1.54, 1.807) is 36.5 Å². The third-order valence-electron chi connectivity index (χ3n) is 2.54. The van der Waals surface area contributed by atoms with Crippen molar-refractivity contribution >= 4 is 29.2 Å². The molecule has 0 spiro atoms. The Hall–Kier alpha value is -2.33. The van der Waals surface area contributed by atoms with E-state index in [1.165, 1.54) is 20.0 Å². The predicted molar refractivity (Wildman–Crippen MR) is 83.6 cm³/mol. The summed E-state index contributed by atoms with van der Waals surface area (Å²) in [6.07, 6.45) is 4.66. The molecule has 0 bridgehead atoms. The van der Waals surface area contributed by atoms with Crippen LogP contribution in [0, 0.1) is 0 Å². The smallest absolute Gasteiger partial charge is 0.161 e. The number of hydrogen-bond acceptors (Lipinski definition) is 4. The predicted octanol–water partition coefficient (Wildman–Crippen LogP) is 3.86. The van der Waals surface area contributed by atoms with Crippen molar-refractivity contribution in [3.05, 3.63) is 65.2 Å². The Bertz CT molecular complexity index is 634. The second kappa shape index (κ2) is 8.07. The summed E-state index contributed by atoms with van der Waals surface area (Å²) in [5.74, 6) is 0.0391. The first-order valence-electron chi connectivity index (χ1n) is 6.16. The van der Waals surface area contributed by atoms with Gasteiger partial charge in [-0.25, -0.2) is 4.98 Å². The van der Waals surface area contributed by atoms with Crippen molar-refractivity contribution in [3.8, 4) is 0 Å². The van der Waals surface area contributed by atoms with E-state index < -0.39 is 0 Å². The minimum atomic E-state index is 0.00386. The summed E-state index contributed by atoms with van der Waals surface area (Å²) in [6, 6.07) is 6.76. The quantitative estimate of drug-likeness (QED) is 0.638. The van der Waals surface area contributed by atoms with Crippen molar-refractivity contribution in [1.29, 1.82) is 0 Å². The molecule has 0 aromatic carbocycles. The molecule has 2 rings (SSSR count). The van der Waals surface area contributed by atoms with Crippen LogP contribution in [0.5, 0.6) is 0 Å². The van der Waals surface area contributed by atoms with Gasteiger partial charge in [-0.2, -0.15) is 0 Å². The fourth-order valence-electron chi connectivity index (χ4n) is 1.32. The Morgan fingerprint density at radius 2 is 1.52 bits per heavy atom. The lowest BCUT2D eigenvalue weighted by Gasteiger charge is -1.94. The van der Waals surface area contributed by atoms with Crippen LogP contribution >= 0.6 is 11.6 Å². The summed E-state index contributed by atoms with van der Waals surface area (Å²) in [5.41, 5.74) is 2.01. The Morgan fingerprint density at radius 3 is 1.86 bits per heavy atom. The molecule has 0 aliphatic carbocycles. The molecule has 0 saturated carbocycles. The van der Waals surface area contributed by atoms with Gasteiger partial charge in [0.15, 0.2) is 11.6 Å². The largest absolute Gasteiger partial charge is 0.294 e. The number of carbonyl (C=O) groups is 2. The van der Waals surface area contributed by atoms with Crippen molar-refractivity contribution in [2.24, 2.45) is 0 Å². The number of hydrogen-bond donors (Lipinski definition) is 0. The number of nitrogens with zero attached hydrogens (tertiary/aromatic N) is 2. The molecule has 0 unspecified atom stereocenters. The highest BCUT2D eigenvalue weighted by Crippen LogP contribution is 2.05. The first-order chi connectivity index (χ1) is 9.93. The average molecular weight is 303 g/mol. The Morgan fingerprint density at radius 1 is 1.00 bits per heavy atom. The monoisotopic (exact) mass is 302 g/mol. The molecule has 0 saturated heterocycles. The van der Waals surface area contributed by atoms with Crippen molar-refractivity contribution in [3.63, 3.8) is 0 Å². The van der Waals surface area contributed by atoms with Crippen molar-refractivity contribution in [1.82, 2.24) is 9.97 Å². The number of carbonyl (C=O) groups excluding carboxylic acids is 2. The summed E-state index contributed by atoms with van der Waals surface area (Å²) in [5, 5.41) is 0.407. The summed E-state index contributed by atoms with van der Waals surface area (Å²) in [6.45, 7) is 6.57. The number of aromatic nitrogens is 2. The van der Waals surface area contributed by atoms with Gasteiger partial charge in [0.2, 0.25) is 0 Å². The van der Waals surface area contributed by atoms with Crippen LogP contribution in [-0.4, -0.2) is 21.5 Å². The third-order valence-corrected chi connectivity index (χ3v) is 2.76. The van der Waals surface area contributed by atoms with Crippen LogP contribution in [0.2, 0.25) is 5.15 Å². The number of Topliss-reactive ketones (excluding diaryl/α,β-unsaturated/α-hetero) is 2. The molecule has 0 aliphatic heterocycles. The molecule has 0 radical (unpaired) electrons. The molecule has 0 aliphatic rings. The van der Waals surface area contributed by atoms with Gasteiger partial charge in [0.05, 0.1) is 5.69 Å². The first-order valence-corrected chi connectivity index (χ1v) is 6.53. The maximum absolute atomic E-state index is 10.8. The van der Waals surface area contributed by atoms with Gasteiger partial charge in [0.1, 0.15) is 5.15 Å². The highest BCUT2D eigenvalue weighted by atomic mass is 35.5. The maximum atomic E-state index is 10.8. The van der Waals surface area contributed by atoms with E-state index in [9.17, 15) is 9.59 Å². The second-order valence-electron chi connectivity index (χ2n) is 4.16. The van der Waals surface area contributed by atoms with Gasteiger partial charge in [-0.3, -0.25) is 14.6 Å². The molecule has 0 N–H and O–H groups in total. The molecule has 0 amide bonds. The summed E-state index contributed by atoms with van der Waals surface area (Å²) >= 11 is 5.49. The SMILES string of the molecule is C=Cc1ccc(C(C)=O)cn1.CC(=O)c1ccc(Cl)nc1. The highest BCUT2D eigenvalue weighted by Gasteiger charge is 1.97. The normalized spacial score (nSPS) is 9.29. The van der Waals surface area contributed by atoms with E-state index in [0.29, 0.717) is 16.3 Å². The van der Waals surface area contributed by atoms with E-state index in [-0.39, 0.29) is 11.6 Å². The number of pyridine rings is 2. The van der Waals surface area contributed by atoms with Gasteiger partial charge in [-0.15, -0.1) is 0 Å². The molecule has 2 heterocycles. The van der Waals surface area contributed by atoms with Gasteiger partial charge < -0.3 is 0 Å². The Labute approximate surface area is 128 Å². The van der Waals surface area contributed by atoms with Crippen molar-refractivity contribution in [2.75, 3.05) is 0 Å². The molecular formula is C16H15ClN2O2. The molecule has 108 valence electrons. The summed E-state index contributed by atoms with van der Waals surface area (Å²) < 4.78 is 0. The van der Waals surface area contributed by atoms with E-state index in [1.807, 2.05) is 0 Å². The van der Waals surface area contributed by atoms with E-state index in [4.69, 9.17) is 11.6 Å². The lowest BCUT2D eigenvalue weighted by atomic mass is 10.2. The van der Waals surface area contributed by atoms with Gasteiger partial charge in [-0.1, -0.05) is 18.2 Å². The van der Waals surface area contributed by atoms with Gasteiger partial charge in [-0.05, 0) is 44.2 Å². The maximum Gasteiger partial charge on any atom is 0.161 e. The molecule has 0 fully saturated rings. The Kier molecular flexibility index (Phi) is 6.43. The van der Waals surface area contributed by atoms with E-state index in [2.05, 4.69) is 16.5 Å². The van der Waals surface area contributed by atoms with Crippen molar-refractivity contribution < 1.29 is 9.59 Å². The zero-order valence-corrected chi connectivity index (χ0v) is 12.6. The summed E-state index contributed by atoms with van der Waals surface area (Å²) in [4.78, 5) is 29.2. The van der Waals surface area contributed by atoms with Crippen LogP contribution in [-0.2, 0) is 0 Å². The van der Waals surface area contributed by atoms with Gasteiger partial charge in [0.25, 0.3) is 0 Å². The fourth-order valence-corrected chi connectivity index (χ4v) is 1.43. The van der Waals surface area contributed by atoms with Gasteiger partial charge in [0, 0.05) is 23.5 Å². The zero-order chi connectivity index (χ0) is 15.8. The standard InChI is InChI=1S/C9H9NO.C7H6ClNO/c1-3-9-5-4-8(6-10-9)7(2)11;1-5(10)6-2-3-7(8)9-4-6/h3-6H,1H2,2H3;2-4H,1H3. The molecular weight excluding hydrogens is 288 g/mol. The van der Waals surface area contributed by atoms with Crippen LogP contribution in [0.1, 0.15) is 40.3 Å². The zero-order valence-electron chi connectivity index (χ0n) is 11.8. The fraction of sp³-hybridized carbons (Fsp3) is 0.125.